The van der Waals surface area contributed by atoms with E-state index in [0.717, 1.165) is 5.56 Å². The van der Waals surface area contributed by atoms with Gasteiger partial charge in [0, 0.05) is 25.6 Å². The number of amides is 1. The number of rotatable bonds is 6. The number of nitrogens with zero attached hydrogens (tertiary/aromatic N) is 1. The molecule has 0 atom stereocenters. The second kappa shape index (κ2) is 8.74. The number of hydrogen-bond donors (Lipinski definition) is 1. The van der Waals surface area contributed by atoms with E-state index in [1.807, 2.05) is 42.5 Å². The minimum atomic E-state index is -0.452. The van der Waals surface area contributed by atoms with Crippen LogP contribution in [0.3, 0.4) is 0 Å². The number of carbonyl (C=O) groups is 2. The van der Waals surface area contributed by atoms with Gasteiger partial charge in [0.25, 0.3) is 0 Å². The zero-order valence-electron chi connectivity index (χ0n) is 16.7. The lowest BCUT2D eigenvalue weighted by Crippen LogP contribution is -2.26. The van der Waals surface area contributed by atoms with Crippen molar-refractivity contribution < 1.29 is 14.3 Å². The Morgan fingerprint density at radius 1 is 1.00 bits per heavy atom. The fourth-order valence-corrected chi connectivity index (χ4v) is 3.70. The predicted octanol–water partition coefficient (Wildman–Crippen LogP) is 4.84. The van der Waals surface area contributed by atoms with Crippen LogP contribution in [0.1, 0.15) is 40.0 Å². The molecule has 0 saturated carbocycles. The van der Waals surface area contributed by atoms with Gasteiger partial charge in [-0.2, -0.15) is 0 Å². The molecule has 1 amide bonds. The first kappa shape index (κ1) is 19.6. The van der Waals surface area contributed by atoms with Gasteiger partial charge in [0.1, 0.15) is 12.3 Å². The number of alkyl carbamates (subject to hydrolysis) is 1. The summed E-state index contributed by atoms with van der Waals surface area (Å²) >= 11 is 0. The molecule has 5 nitrogen and oxygen atoms in total. The average Bonchev–Trinajstić information content (AvgIpc) is 3.09. The number of ether oxygens (including phenoxy) is 1. The Bertz CT molecular complexity index is 1060. The van der Waals surface area contributed by atoms with Crippen LogP contribution in [0, 0.1) is 0 Å². The van der Waals surface area contributed by atoms with Crippen molar-refractivity contribution in [3.05, 3.63) is 95.3 Å². The summed E-state index contributed by atoms with van der Waals surface area (Å²) in [5, 5.41) is 2.73. The van der Waals surface area contributed by atoms with Gasteiger partial charge in [0.15, 0.2) is 5.78 Å². The first-order valence-electron chi connectivity index (χ1n) is 9.86. The second-order valence-corrected chi connectivity index (χ2v) is 7.14. The van der Waals surface area contributed by atoms with E-state index >= 15 is 0 Å². The first-order valence-corrected chi connectivity index (χ1v) is 9.86. The highest BCUT2D eigenvalue weighted by Crippen LogP contribution is 2.44. The highest BCUT2D eigenvalue weighted by atomic mass is 16.5. The number of nitrogens with one attached hydrogen (secondary N) is 1. The van der Waals surface area contributed by atoms with Gasteiger partial charge < -0.3 is 10.1 Å². The van der Waals surface area contributed by atoms with Crippen molar-refractivity contribution in [2.75, 3.05) is 13.2 Å². The van der Waals surface area contributed by atoms with Crippen LogP contribution < -0.4 is 5.32 Å². The topological polar surface area (TPSA) is 68.3 Å². The number of carbonyl (C=O) groups excluding carboxylic acids is 2. The summed E-state index contributed by atoms with van der Waals surface area (Å²) in [4.78, 5) is 27.5. The molecule has 0 bridgehead atoms. The van der Waals surface area contributed by atoms with Gasteiger partial charge in [0.05, 0.1) is 0 Å². The van der Waals surface area contributed by atoms with Crippen molar-refractivity contribution in [1.29, 1.82) is 0 Å². The first-order chi connectivity index (χ1) is 14.6. The minimum Gasteiger partial charge on any atom is -0.449 e. The van der Waals surface area contributed by atoms with Crippen molar-refractivity contribution in [3.63, 3.8) is 0 Å². The van der Waals surface area contributed by atoms with Crippen molar-refractivity contribution in [2.45, 2.75) is 12.8 Å². The summed E-state index contributed by atoms with van der Waals surface area (Å²) in [6.07, 6.45) is 4.82. The van der Waals surface area contributed by atoms with Crippen molar-refractivity contribution >= 4 is 18.0 Å². The molecule has 0 spiro atoms. The van der Waals surface area contributed by atoms with Crippen LogP contribution in [-0.4, -0.2) is 30.0 Å². The van der Waals surface area contributed by atoms with Gasteiger partial charge in [-0.3, -0.25) is 9.78 Å². The van der Waals surface area contributed by atoms with E-state index < -0.39 is 6.09 Å². The molecule has 1 heterocycles. The maximum atomic E-state index is 12.1. The SMILES string of the molecule is CC(=O)c1ccc(C=CCNC(=O)OCC2c3ccccc3-c3ccccc32)cn1. The summed E-state index contributed by atoms with van der Waals surface area (Å²) in [6, 6.07) is 20.0. The second-order valence-electron chi connectivity index (χ2n) is 7.14. The van der Waals surface area contributed by atoms with Gasteiger partial charge in [-0.1, -0.05) is 66.7 Å². The molecule has 0 fully saturated rings. The van der Waals surface area contributed by atoms with E-state index in [1.165, 1.54) is 29.2 Å². The minimum absolute atomic E-state index is 0.0459. The molecule has 0 radical (unpaired) electrons. The number of benzene rings is 2. The Labute approximate surface area is 175 Å². The van der Waals surface area contributed by atoms with Crippen LogP contribution in [0.4, 0.5) is 4.79 Å². The molecule has 1 N–H and O–H groups in total. The van der Waals surface area contributed by atoms with Crippen LogP contribution in [0.15, 0.2) is 72.9 Å². The number of pyridine rings is 1. The Morgan fingerprint density at radius 3 is 2.27 bits per heavy atom. The standard InChI is InChI=1S/C25H22N2O3/c1-17(28)24-13-12-18(15-27-24)7-6-14-26-25(29)30-16-23-21-10-4-2-8-19(21)20-9-3-5-11-22(20)23/h2-13,15,23H,14,16H2,1H3,(H,26,29). The van der Waals surface area contributed by atoms with Crippen LogP contribution in [0.2, 0.25) is 0 Å². The molecule has 1 aliphatic rings. The number of Topliss-reactive ketones (excluding diaryl/α,β-unsaturated/α-hetero) is 1. The third-order valence-corrected chi connectivity index (χ3v) is 5.17. The molecule has 150 valence electrons. The molecule has 30 heavy (non-hydrogen) atoms. The highest BCUT2D eigenvalue weighted by molar-refractivity contribution is 5.92. The van der Waals surface area contributed by atoms with E-state index in [-0.39, 0.29) is 11.7 Å². The van der Waals surface area contributed by atoms with Crippen LogP contribution in [0.5, 0.6) is 0 Å². The molecule has 5 heteroatoms. The molecule has 4 rings (SSSR count). The maximum absolute atomic E-state index is 12.1. The van der Waals surface area contributed by atoms with E-state index in [4.69, 9.17) is 4.74 Å². The predicted molar refractivity (Wildman–Crippen MR) is 116 cm³/mol. The monoisotopic (exact) mass is 398 g/mol. The number of ketones is 1. The highest BCUT2D eigenvalue weighted by Gasteiger charge is 2.28. The summed E-state index contributed by atoms with van der Waals surface area (Å²) in [5.41, 5.74) is 6.07. The Balaban J connectivity index is 1.31. The third-order valence-electron chi connectivity index (χ3n) is 5.17. The van der Waals surface area contributed by atoms with E-state index in [2.05, 4.69) is 34.6 Å². The van der Waals surface area contributed by atoms with Gasteiger partial charge in [-0.25, -0.2) is 4.79 Å². The molecule has 0 unspecified atom stereocenters. The third kappa shape index (κ3) is 4.15. The Morgan fingerprint density at radius 2 is 1.67 bits per heavy atom. The lowest BCUT2D eigenvalue weighted by molar-refractivity contribution is 0.101. The molecule has 0 saturated heterocycles. The molecule has 3 aromatic rings. The van der Waals surface area contributed by atoms with Gasteiger partial charge >= 0.3 is 6.09 Å². The van der Waals surface area contributed by atoms with Crippen LogP contribution in [-0.2, 0) is 4.74 Å². The summed E-state index contributed by atoms with van der Waals surface area (Å²) < 4.78 is 5.50. The van der Waals surface area contributed by atoms with Gasteiger partial charge in [-0.15, -0.1) is 0 Å². The van der Waals surface area contributed by atoms with E-state index in [0.29, 0.717) is 18.8 Å². The quantitative estimate of drug-likeness (QED) is 0.604. The number of hydrogen-bond acceptors (Lipinski definition) is 4. The molecule has 1 aromatic heterocycles. The normalized spacial score (nSPS) is 12.4. The fourth-order valence-electron chi connectivity index (χ4n) is 3.70. The van der Waals surface area contributed by atoms with E-state index in [9.17, 15) is 9.59 Å². The lowest BCUT2D eigenvalue weighted by atomic mass is 9.98. The lowest BCUT2D eigenvalue weighted by Gasteiger charge is -2.14. The van der Waals surface area contributed by atoms with Crippen molar-refractivity contribution in [1.82, 2.24) is 10.3 Å². The van der Waals surface area contributed by atoms with Crippen LogP contribution in [0.25, 0.3) is 17.2 Å². The Hall–Kier alpha value is -3.73. The van der Waals surface area contributed by atoms with Crippen LogP contribution >= 0.6 is 0 Å². The smallest absolute Gasteiger partial charge is 0.407 e. The molecule has 1 aliphatic carbocycles. The number of fused-ring (bicyclic) bond motifs is 3. The van der Waals surface area contributed by atoms with Gasteiger partial charge in [-0.05, 0) is 33.9 Å². The Kier molecular flexibility index (Phi) is 5.70. The molecular formula is C25H22N2O3. The molecule has 0 aliphatic heterocycles. The van der Waals surface area contributed by atoms with Gasteiger partial charge in [0.2, 0.25) is 0 Å². The largest absolute Gasteiger partial charge is 0.449 e. The zero-order chi connectivity index (χ0) is 20.9. The fraction of sp³-hybridized carbons (Fsp3) is 0.160. The van der Waals surface area contributed by atoms with Crippen molar-refractivity contribution in [2.24, 2.45) is 0 Å². The summed E-state index contributed by atoms with van der Waals surface area (Å²) in [6.45, 7) is 2.11. The molecule has 2 aromatic carbocycles. The van der Waals surface area contributed by atoms with Crippen molar-refractivity contribution in [3.8, 4) is 11.1 Å². The van der Waals surface area contributed by atoms with E-state index in [1.54, 1.807) is 12.3 Å². The zero-order valence-corrected chi connectivity index (χ0v) is 16.7. The maximum Gasteiger partial charge on any atom is 0.407 e. The molecular weight excluding hydrogens is 376 g/mol. The summed E-state index contributed by atoms with van der Waals surface area (Å²) in [7, 11) is 0. The summed E-state index contributed by atoms with van der Waals surface area (Å²) in [5.74, 6) is -0.0213. The number of aromatic nitrogens is 1. The average molecular weight is 398 g/mol.